The summed E-state index contributed by atoms with van der Waals surface area (Å²) in [6.07, 6.45) is 4.47. The molecule has 4 heterocycles. The van der Waals surface area contributed by atoms with Crippen molar-refractivity contribution in [3.05, 3.63) is 72.1 Å². The van der Waals surface area contributed by atoms with Crippen molar-refractivity contribution in [3.63, 3.8) is 0 Å². The highest BCUT2D eigenvalue weighted by Gasteiger charge is 2.67. The summed E-state index contributed by atoms with van der Waals surface area (Å²) in [7, 11) is 0. The Hall–Kier alpha value is -5.13. The maximum absolute atomic E-state index is 13.2. The zero-order valence-corrected chi connectivity index (χ0v) is 31.0. The van der Waals surface area contributed by atoms with Crippen molar-refractivity contribution in [1.82, 2.24) is 29.7 Å². The molecule has 2 aromatic heterocycles. The first-order valence-corrected chi connectivity index (χ1v) is 18.2. The van der Waals surface area contributed by atoms with Gasteiger partial charge in [0.1, 0.15) is 34.1 Å². The molecule has 0 unspecified atom stereocenters. The molecule has 0 bridgehead atoms. The molecule has 2 aromatic carbocycles. The highest BCUT2D eigenvalue weighted by atomic mass is 16.6. The van der Waals surface area contributed by atoms with Crippen LogP contribution in [0.3, 0.4) is 0 Å². The summed E-state index contributed by atoms with van der Waals surface area (Å²) in [4.78, 5) is 59.1. The first-order chi connectivity index (χ1) is 24.7. The van der Waals surface area contributed by atoms with Gasteiger partial charge in [0.2, 0.25) is 0 Å². The maximum atomic E-state index is 13.2. The highest BCUT2D eigenvalue weighted by Crippen LogP contribution is 2.62. The average Bonchev–Trinajstić information content (AvgIpc) is 3.66. The minimum atomic E-state index is -0.623. The van der Waals surface area contributed by atoms with Crippen LogP contribution in [0.25, 0.3) is 33.6 Å². The Morgan fingerprint density at radius 1 is 0.827 bits per heavy atom. The molecule has 4 aromatic rings. The van der Waals surface area contributed by atoms with E-state index in [-0.39, 0.29) is 36.4 Å². The van der Waals surface area contributed by atoms with Crippen molar-refractivity contribution in [2.45, 2.75) is 96.9 Å². The second-order valence-electron chi connectivity index (χ2n) is 15.9. The van der Waals surface area contributed by atoms with Crippen molar-refractivity contribution in [3.8, 4) is 33.6 Å². The van der Waals surface area contributed by atoms with E-state index >= 15 is 0 Å². The van der Waals surface area contributed by atoms with Gasteiger partial charge < -0.3 is 24.2 Å². The third-order valence-electron chi connectivity index (χ3n) is 9.94. The Kier molecular flexibility index (Phi) is 8.91. The van der Waals surface area contributed by atoms with Crippen LogP contribution in [0.2, 0.25) is 0 Å². The number of nitrogens with zero attached hydrogens (tertiary/aromatic N) is 4. The molecule has 7 rings (SSSR count). The molecule has 0 spiro atoms. The van der Waals surface area contributed by atoms with E-state index in [9.17, 15) is 14.4 Å². The number of aromatic nitrogens is 4. The number of H-pyrrole nitrogens is 2. The van der Waals surface area contributed by atoms with Gasteiger partial charge in [-0.3, -0.25) is 9.80 Å². The first-order valence-electron chi connectivity index (χ1n) is 18.2. The zero-order chi connectivity index (χ0) is 37.0. The number of hydrogen-bond donors (Lipinski definition) is 2. The van der Waals surface area contributed by atoms with Crippen LogP contribution in [-0.2, 0) is 19.7 Å². The van der Waals surface area contributed by atoms with Gasteiger partial charge in [-0.1, -0.05) is 48.5 Å². The maximum Gasteiger partial charge on any atom is 0.411 e. The number of piperidine rings is 1. The first kappa shape index (κ1) is 35.3. The van der Waals surface area contributed by atoms with Crippen LogP contribution < -0.4 is 0 Å². The summed E-state index contributed by atoms with van der Waals surface area (Å²) < 4.78 is 16.8. The summed E-state index contributed by atoms with van der Waals surface area (Å²) in [5.74, 6) is 1.11. The van der Waals surface area contributed by atoms with E-state index in [2.05, 4.69) is 27.1 Å². The number of nitrogens with one attached hydrogen (secondary N) is 2. The van der Waals surface area contributed by atoms with Gasteiger partial charge in [0.15, 0.2) is 5.69 Å². The van der Waals surface area contributed by atoms with Crippen molar-refractivity contribution in [2.24, 2.45) is 5.92 Å². The van der Waals surface area contributed by atoms with E-state index in [1.54, 1.807) is 16.7 Å². The number of carbonyl (C=O) groups is 3. The smallest absolute Gasteiger partial charge is 0.411 e. The van der Waals surface area contributed by atoms with Gasteiger partial charge in [0.05, 0.1) is 24.5 Å². The second-order valence-corrected chi connectivity index (χ2v) is 15.9. The molecule has 0 radical (unpaired) electrons. The predicted octanol–water partition coefficient (Wildman–Crippen LogP) is 8.24. The number of esters is 1. The van der Waals surface area contributed by atoms with E-state index < -0.39 is 22.7 Å². The molecule has 3 atom stereocenters. The Bertz CT molecular complexity index is 1970. The fourth-order valence-electron chi connectivity index (χ4n) is 7.51. The molecule has 2 aliphatic heterocycles. The largest absolute Gasteiger partial charge is 0.461 e. The molecule has 2 N–H and O–H groups in total. The summed E-state index contributed by atoms with van der Waals surface area (Å²) >= 11 is 0. The number of amides is 2. The Morgan fingerprint density at radius 2 is 1.44 bits per heavy atom. The quantitative estimate of drug-likeness (QED) is 0.144. The monoisotopic (exact) mass is 708 g/mol. The molecule has 12 heteroatoms. The van der Waals surface area contributed by atoms with Gasteiger partial charge in [-0.2, -0.15) is 0 Å². The number of rotatable bonds is 7. The van der Waals surface area contributed by atoms with Crippen molar-refractivity contribution in [2.75, 3.05) is 19.7 Å². The Balaban J connectivity index is 1.09. The Morgan fingerprint density at radius 3 is 2.06 bits per heavy atom. The average molecular weight is 709 g/mol. The van der Waals surface area contributed by atoms with Gasteiger partial charge in [-0.05, 0) is 96.8 Å². The van der Waals surface area contributed by atoms with Gasteiger partial charge >= 0.3 is 18.2 Å². The van der Waals surface area contributed by atoms with Crippen LogP contribution in [0.4, 0.5) is 9.59 Å². The lowest BCUT2D eigenvalue weighted by Gasteiger charge is -2.30. The van der Waals surface area contributed by atoms with Crippen molar-refractivity contribution >= 4 is 18.2 Å². The number of benzene rings is 2. The van der Waals surface area contributed by atoms with Crippen LogP contribution in [0.1, 0.15) is 102 Å². The van der Waals surface area contributed by atoms with Gasteiger partial charge in [0, 0.05) is 18.7 Å². The van der Waals surface area contributed by atoms with Crippen LogP contribution >= 0.6 is 0 Å². The second kappa shape index (κ2) is 13.1. The molecule has 1 aliphatic carbocycles. The molecule has 1 saturated carbocycles. The molecule has 3 aliphatic rings. The molecule has 2 amide bonds. The minimum absolute atomic E-state index is 0.149. The molecule has 52 heavy (non-hydrogen) atoms. The van der Waals surface area contributed by atoms with E-state index in [0.717, 1.165) is 59.5 Å². The summed E-state index contributed by atoms with van der Waals surface area (Å²) in [5.41, 5.74) is 3.61. The number of fused-ring (bicyclic) bond motifs is 1. The minimum Gasteiger partial charge on any atom is -0.461 e. The predicted molar refractivity (Wildman–Crippen MR) is 195 cm³/mol. The van der Waals surface area contributed by atoms with E-state index in [4.69, 9.17) is 19.2 Å². The zero-order valence-electron chi connectivity index (χ0n) is 31.0. The molecule has 2 saturated heterocycles. The third-order valence-corrected chi connectivity index (χ3v) is 9.94. The number of ether oxygens (including phenoxy) is 3. The number of imidazole rings is 2. The van der Waals surface area contributed by atoms with Gasteiger partial charge in [0.25, 0.3) is 0 Å². The molecular weight excluding hydrogens is 660 g/mol. The molecular formula is C40H48N6O6. The van der Waals surface area contributed by atoms with Gasteiger partial charge in [-0.15, -0.1) is 0 Å². The summed E-state index contributed by atoms with van der Waals surface area (Å²) in [6, 6.07) is 16.0. The number of aromatic amines is 2. The SMILES string of the molecule is CCOC(=O)c1[nH]c([C@@]23C[C@@H]2CCN3C(=O)OC(C)(C)C)nc1-c1ccc(-c2ccc(-c3cnc([C@@H]4CCCN4C(=O)OC(C)(C)C)[nH]3)cc2)cc1. The molecule has 3 fully saturated rings. The number of carbonyl (C=O) groups excluding carboxylic acids is 3. The van der Waals surface area contributed by atoms with Crippen LogP contribution in [-0.4, -0.2) is 78.8 Å². The molecule has 274 valence electrons. The third kappa shape index (κ3) is 6.78. The van der Waals surface area contributed by atoms with Crippen molar-refractivity contribution < 1.29 is 28.6 Å². The summed E-state index contributed by atoms with van der Waals surface area (Å²) in [5, 5.41) is 0. The fraction of sp³-hybridized carbons (Fsp3) is 0.475. The van der Waals surface area contributed by atoms with Crippen LogP contribution in [0.15, 0.2) is 54.7 Å². The van der Waals surface area contributed by atoms with E-state index in [1.165, 1.54) is 0 Å². The van der Waals surface area contributed by atoms with Gasteiger partial charge in [-0.25, -0.2) is 24.4 Å². The summed E-state index contributed by atoms with van der Waals surface area (Å²) in [6.45, 7) is 14.4. The van der Waals surface area contributed by atoms with Crippen molar-refractivity contribution in [1.29, 1.82) is 0 Å². The number of hydrogen-bond acceptors (Lipinski definition) is 8. The lowest BCUT2D eigenvalue weighted by Crippen LogP contribution is -2.42. The number of likely N-dealkylation sites (tertiary alicyclic amines) is 2. The Labute approximate surface area is 304 Å². The lowest BCUT2D eigenvalue weighted by molar-refractivity contribution is 0.0160. The lowest BCUT2D eigenvalue weighted by atomic mass is 10.0. The van der Waals surface area contributed by atoms with E-state index in [1.807, 2.05) is 84.1 Å². The normalized spacial score (nSPS) is 21.2. The topological polar surface area (TPSA) is 143 Å². The highest BCUT2D eigenvalue weighted by molar-refractivity contribution is 5.94. The molecule has 12 nitrogen and oxygen atoms in total. The fourth-order valence-corrected chi connectivity index (χ4v) is 7.51. The van der Waals surface area contributed by atoms with Crippen LogP contribution in [0.5, 0.6) is 0 Å². The standard InChI is InChI=1S/C40H48N6O6/c1-8-50-34(47)32-31(43-35(44-32)40-22-28(40)19-21-46(40)37(49)52-39(5,6)7)27-17-13-25(14-18-27)24-11-15-26(16-12-24)29-23-41-33(42-29)30-10-9-20-45(30)36(48)51-38(2,3)4/h11-18,23,28,30H,8-10,19-22H2,1-7H3,(H,41,42)(H,43,44)/t28-,30-,40+/m0/s1. The van der Waals surface area contributed by atoms with Crippen LogP contribution in [0, 0.1) is 5.92 Å². The van der Waals surface area contributed by atoms with E-state index in [0.29, 0.717) is 24.6 Å².